The first-order valence-electron chi connectivity index (χ1n) is 5.44. The topological polar surface area (TPSA) is 105 Å². The van der Waals surface area contributed by atoms with Gasteiger partial charge in [-0.25, -0.2) is 9.59 Å². The van der Waals surface area contributed by atoms with Crippen LogP contribution in [0, 0.1) is 0 Å². The van der Waals surface area contributed by atoms with Gasteiger partial charge in [-0.05, 0) is 12.8 Å². The molecule has 0 bridgehead atoms. The summed E-state index contributed by atoms with van der Waals surface area (Å²) in [6.45, 7) is 3.78. The fourth-order valence-corrected chi connectivity index (χ4v) is 1.06. The summed E-state index contributed by atoms with van der Waals surface area (Å²) >= 11 is 0. The predicted octanol–water partition coefficient (Wildman–Crippen LogP) is 0.243. The fourth-order valence-electron chi connectivity index (χ4n) is 1.06. The summed E-state index contributed by atoms with van der Waals surface area (Å²) in [5, 5.41) is 0. The summed E-state index contributed by atoms with van der Waals surface area (Å²) in [4.78, 5) is 22.3. The third-order valence-electron chi connectivity index (χ3n) is 1.83. The quantitative estimate of drug-likeness (QED) is 0.386. The van der Waals surface area contributed by atoms with Gasteiger partial charge in [0.15, 0.2) is 12.5 Å². The lowest BCUT2D eigenvalue weighted by atomic mass is 10.3. The first kappa shape index (κ1) is 14.9. The molecule has 0 fully saturated rings. The molecule has 16 heavy (non-hydrogen) atoms. The fraction of sp³-hybridized carbons (Fsp3) is 0.800. The molecule has 0 radical (unpaired) electrons. The van der Waals surface area contributed by atoms with Crippen LogP contribution in [-0.2, 0) is 19.1 Å². The van der Waals surface area contributed by atoms with Gasteiger partial charge in [-0.3, -0.25) is 11.5 Å². The second-order valence-electron chi connectivity index (χ2n) is 3.46. The van der Waals surface area contributed by atoms with E-state index < -0.39 is 24.4 Å². The molecule has 0 aliphatic rings. The molecule has 0 saturated carbocycles. The van der Waals surface area contributed by atoms with Crippen LogP contribution in [0.4, 0.5) is 0 Å². The van der Waals surface area contributed by atoms with Gasteiger partial charge in [-0.15, -0.1) is 0 Å². The van der Waals surface area contributed by atoms with Crippen LogP contribution in [0.2, 0.25) is 0 Å². The molecule has 0 aromatic heterocycles. The normalized spacial score (nSPS) is 14.0. The first-order valence-corrected chi connectivity index (χ1v) is 5.44. The van der Waals surface area contributed by atoms with Gasteiger partial charge in [-0.1, -0.05) is 26.7 Å². The minimum Gasteiger partial charge on any atom is -0.438 e. The second kappa shape index (κ2) is 8.06. The second-order valence-corrected chi connectivity index (χ2v) is 3.46. The molecule has 0 rings (SSSR count). The summed E-state index contributed by atoms with van der Waals surface area (Å²) in [7, 11) is 0. The lowest BCUT2D eigenvalue weighted by molar-refractivity contribution is -0.174. The monoisotopic (exact) mass is 232 g/mol. The van der Waals surface area contributed by atoms with Crippen molar-refractivity contribution < 1.29 is 19.1 Å². The molecule has 6 heteroatoms. The Morgan fingerprint density at radius 2 is 1.25 bits per heavy atom. The van der Waals surface area contributed by atoms with E-state index in [1.165, 1.54) is 0 Å². The maximum absolute atomic E-state index is 11.1. The lowest BCUT2D eigenvalue weighted by Crippen LogP contribution is -2.35. The van der Waals surface area contributed by atoms with E-state index in [1.54, 1.807) is 0 Å². The molecule has 0 amide bonds. The van der Waals surface area contributed by atoms with Crippen molar-refractivity contribution in [1.29, 1.82) is 0 Å². The highest BCUT2D eigenvalue weighted by Crippen LogP contribution is 2.00. The van der Waals surface area contributed by atoms with Crippen molar-refractivity contribution in [1.82, 2.24) is 0 Å². The number of carbonyl (C=O) groups excluding carboxylic acids is 2. The van der Waals surface area contributed by atoms with Gasteiger partial charge in [0.05, 0.1) is 0 Å². The average Bonchev–Trinajstić information content (AvgIpc) is 2.17. The number of hydrogen-bond donors (Lipinski definition) is 2. The number of nitrogens with two attached hydrogens (primary N) is 2. The van der Waals surface area contributed by atoms with Crippen LogP contribution in [0.15, 0.2) is 0 Å². The molecule has 0 aliphatic heterocycles. The molecule has 0 aromatic carbocycles. The summed E-state index contributed by atoms with van der Waals surface area (Å²) in [5.41, 5.74) is 10.9. The summed E-state index contributed by atoms with van der Waals surface area (Å²) in [5.74, 6) is -2.18. The van der Waals surface area contributed by atoms with Crippen molar-refractivity contribution in [3.05, 3.63) is 0 Å². The van der Waals surface area contributed by atoms with Crippen molar-refractivity contribution in [2.24, 2.45) is 11.5 Å². The molecular formula is C10H20N2O4. The highest BCUT2D eigenvalue weighted by atomic mass is 16.6. The largest absolute Gasteiger partial charge is 0.438 e. The number of rotatable bonds is 6. The van der Waals surface area contributed by atoms with Gasteiger partial charge in [-0.2, -0.15) is 0 Å². The third kappa shape index (κ3) is 6.36. The van der Waals surface area contributed by atoms with E-state index in [1.807, 2.05) is 13.8 Å². The third-order valence-corrected chi connectivity index (χ3v) is 1.83. The Hall–Kier alpha value is -1.14. The molecule has 6 nitrogen and oxygen atoms in total. The van der Waals surface area contributed by atoms with Gasteiger partial charge in [0.2, 0.25) is 0 Å². The predicted molar refractivity (Wildman–Crippen MR) is 58.0 cm³/mol. The molecule has 0 spiro atoms. The van der Waals surface area contributed by atoms with E-state index in [0.717, 1.165) is 12.8 Å². The Balaban J connectivity index is 3.94. The smallest absolute Gasteiger partial charge is 0.419 e. The van der Waals surface area contributed by atoms with E-state index in [2.05, 4.69) is 9.47 Å². The van der Waals surface area contributed by atoms with Gasteiger partial charge >= 0.3 is 11.9 Å². The van der Waals surface area contributed by atoms with Crippen LogP contribution in [0.3, 0.4) is 0 Å². The maximum atomic E-state index is 11.1. The van der Waals surface area contributed by atoms with Gasteiger partial charge in [0.1, 0.15) is 0 Å². The first-order chi connectivity index (χ1) is 7.51. The van der Waals surface area contributed by atoms with Crippen molar-refractivity contribution in [2.45, 2.75) is 52.0 Å². The molecular weight excluding hydrogens is 212 g/mol. The van der Waals surface area contributed by atoms with Crippen LogP contribution in [0.5, 0.6) is 0 Å². The number of hydrogen-bond acceptors (Lipinski definition) is 6. The van der Waals surface area contributed by atoms with E-state index in [0.29, 0.717) is 12.8 Å². The molecule has 4 N–H and O–H groups in total. The minimum absolute atomic E-state index is 0.500. The van der Waals surface area contributed by atoms with Crippen LogP contribution >= 0.6 is 0 Å². The van der Waals surface area contributed by atoms with Crippen LogP contribution < -0.4 is 11.5 Å². The zero-order chi connectivity index (χ0) is 12.6. The van der Waals surface area contributed by atoms with Gasteiger partial charge in [0.25, 0.3) is 0 Å². The van der Waals surface area contributed by atoms with E-state index >= 15 is 0 Å². The van der Waals surface area contributed by atoms with Crippen molar-refractivity contribution in [3.8, 4) is 0 Å². The molecule has 94 valence electrons. The number of ether oxygens (including phenoxy) is 2. The zero-order valence-electron chi connectivity index (χ0n) is 9.77. The van der Waals surface area contributed by atoms with Crippen molar-refractivity contribution in [2.75, 3.05) is 0 Å². The average molecular weight is 232 g/mol. The number of carbonyl (C=O) groups is 2. The van der Waals surface area contributed by atoms with Crippen LogP contribution in [0.1, 0.15) is 39.5 Å². The van der Waals surface area contributed by atoms with Crippen molar-refractivity contribution >= 4 is 11.9 Å². The molecule has 2 unspecified atom stereocenters. The van der Waals surface area contributed by atoms with Gasteiger partial charge in [0, 0.05) is 0 Å². The van der Waals surface area contributed by atoms with E-state index in [-0.39, 0.29) is 0 Å². The van der Waals surface area contributed by atoms with E-state index in [9.17, 15) is 9.59 Å². The number of esters is 2. The zero-order valence-corrected chi connectivity index (χ0v) is 9.77. The van der Waals surface area contributed by atoms with Crippen molar-refractivity contribution in [3.63, 3.8) is 0 Å². The van der Waals surface area contributed by atoms with Crippen LogP contribution in [0.25, 0.3) is 0 Å². The van der Waals surface area contributed by atoms with Crippen LogP contribution in [-0.4, -0.2) is 24.4 Å². The highest BCUT2D eigenvalue weighted by Gasteiger charge is 2.22. The standard InChI is InChI=1S/C10H20N2O4/c1-3-5-7(11)15-9(13)10(14)16-8(12)6-4-2/h7-8H,3-6,11-12H2,1-2H3. The molecule has 0 heterocycles. The Morgan fingerprint density at radius 3 is 1.50 bits per heavy atom. The highest BCUT2D eigenvalue weighted by molar-refractivity contribution is 6.29. The summed E-state index contributed by atoms with van der Waals surface area (Å²) in [6, 6.07) is 0. The Labute approximate surface area is 95.3 Å². The summed E-state index contributed by atoms with van der Waals surface area (Å²) in [6.07, 6.45) is 0.984. The maximum Gasteiger partial charge on any atom is 0.419 e. The Bertz CT molecular complexity index is 209. The summed E-state index contributed by atoms with van der Waals surface area (Å²) < 4.78 is 9.28. The molecule has 0 aromatic rings. The lowest BCUT2D eigenvalue weighted by Gasteiger charge is -2.14. The molecule has 0 aliphatic carbocycles. The Morgan fingerprint density at radius 1 is 0.938 bits per heavy atom. The Kier molecular flexibility index (Phi) is 7.49. The van der Waals surface area contributed by atoms with E-state index in [4.69, 9.17) is 11.5 Å². The molecule has 0 saturated heterocycles. The minimum atomic E-state index is -1.09. The van der Waals surface area contributed by atoms with Gasteiger partial charge < -0.3 is 9.47 Å². The molecule has 2 atom stereocenters. The SMILES string of the molecule is CCCC(N)OC(=O)C(=O)OC(N)CCC.